The maximum atomic E-state index is 12.7. The highest BCUT2D eigenvalue weighted by atomic mass is 16.5. The van der Waals surface area contributed by atoms with Crippen molar-refractivity contribution in [2.75, 3.05) is 9.80 Å². The van der Waals surface area contributed by atoms with Crippen LogP contribution in [0.2, 0.25) is 0 Å². The summed E-state index contributed by atoms with van der Waals surface area (Å²) in [6.07, 6.45) is 2.96. The molecular formula is C32H18N4O6. The van der Waals surface area contributed by atoms with Gasteiger partial charge in [-0.25, -0.2) is 9.80 Å². The van der Waals surface area contributed by atoms with Gasteiger partial charge in [0.15, 0.2) is 0 Å². The summed E-state index contributed by atoms with van der Waals surface area (Å²) in [6, 6.07) is 26.5. The van der Waals surface area contributed by atoms with E-state index in [-0.39, 0.29) is 22.5 Å². The van der Waals surface area contributed by atoms with Crippen molar-refractivity contribution < 1.29 is 28.7 Å². The summed E-state index contributed by atoms with van der Waals surface area (Å²) in [5.41, 5.74) is 1.64. The van der Waals surface area contributed by atoms with E-state index >= 15 is 0 Å². The lowest BCUT2D eigenvalue weighted by Gasteiger charge is -2.15. The number of nitrogens with zero attached hydrogens (tertiary/aromatic N) is 4. The van der Waals surface area contributed by atoms with E-state index < -0.39 is 23.6 Å². The first-order chi connectivity index (χ1) is 20.5. The summed E-state index contributed by atoms with van der Waals surface area (Å²) in [6.45, 7) is 0. The molecule has 0 saturated heterocycles. The molecule has 4 amide bonds. The Labute approximate surface area is 238 Å². The number of fused-ring (bicyclic) bond motifs is 2. The smallest absolute Gasteiger partial charge is 0.284 e. The lowest BCUT2D eigenvalue weighted by Crippen LogP contribution is -2.29. The van der Waals surface area contributed by atoms with Crippen molar-refractivity contribution in [1.82, 2.24) is 9.97 Å². The lowest BCUT2D eigenvalue weighted by molar-refractivity contribution is 0.0909. The molecule has 2 aromatic heterocycles. The van der Waals surface area contributed by atoms with Crippen LogP contribution < -0.4 is 19.3 Å². The molecular weight excluding hydrogens is 536 g/mol. The maximum absolute atomic E-state index is 12.7. The number of hydrogen-bond donors (Lipinski definition) is 0. The van der Waals surface area contributed by atoms with E-state index in [0.717, 1.165) is 9.80 Å². The predicted octanol–water partition coefficient (Wildman–Crippen LogP) is 5.66. The summed E-state index contributed by atoms with van der Waals surface area (Å²) in [5.74, 6) is 0.202. The number of amides is 4. The molecule has 0 atom stereocenters. The molecule has 0 saturated carbocycles. The third kappa shape index (κ3) is 4.14. The minimum atomic E-state index is -0.470. The number of aromatic nitrogens is 2. The Morgan fingerprint density at radius 1 is 0.452 bits per heavy atom. The second kappa shape index (κ2) is 9.79. The molecule has 0 fully saturated rings. The van der Waals surface area contributed by atoms with Crippen LogP contribution in [0.15, 0.2) is 109 Å². The highest BCUT2D eigenvalue weighted by Crippen LogP contribution is 2.33. The van der Waals surface area contributed by atoms with Gasteiger partial charge in [0.05, 0.1) is 22.5 Å². The monoisotopic (exact) mass is 554 g/mol. The maximum Gasteiger partial charge on any atom is 0.284 e. The molecule has 5 aromatic rings. The summed E-state index contributed by atoms with van der Waals surface area (Å²) in [5, 5.41) is 0. The number of benzene rings is 3. The van der Waals surface area contributed by atoms with Gasteiger partial charge in [-0.2, -0.15) is 0 Å². The van der Waals surface area contributed by atoms with Crippen molar-refractivity contribution in [1.29, 1.82) is 0 Å². The van der Waals surface area contributed by atoms with Crippen molar-refractivity contribution in [3.8, 4) is 23.0 Å². The highest BCUT2D eigenvalue weighted by molar-refractivity contribution is 6.34. The van der Waals surface area contributed by atoms with E-state index in [2.05, 4.69) is 9.97 Å². The Morgan fingerprint density at radius 2 is 0.881 bits per heavy atom. The van der Waals surface area contributed by atoms with E-state index in [1.54, 1.807) is 97.1 Å². The van der Waals surface area contributed by atoms with Gasteiger partial charge in [0, 0.05) is 18.5 Å². The number of imide groups is 2. The van der Waals surface area contributed by atoms with Gasteiger partial charge in [0.2, 0.25) is 0 Å². The zero-order chi connectivity index (χ0) is 28.8. The molecule has 202 valence electrons. The number of rotatable bonds is 6. The van der Waals surface area contributed by atoms with Gasteiger partial charge in [-0.1, -0.05) is 6.07 Å². The van der Waals surface area contributed by atoms with E-state index in [9.17, 15) is 19.2 Å². The first kappa shape index (κ1) is 24.9. The molecule has 0 aliphatic carbocycles. The minimum Gasteiger partial charge on any atom is -0.457 e. The average molecular weight is 555 g/mol. The third-order valence-electron chi connectivity index (χ3n) is 6.76. The zero-order valence-electron chi connectivity index (χ0n) is 21.6. The Bertz CT molecular complexity index is 1710. The van der Waals surface area contributed by atoms with Gasteiger partial charge < -0.3 is 9.47 Å². The molecule has 10 nitrogen and oxygen atoms in total. The minimum absolute atomic E-state index is 0.134. The summed E-state index contributed by atoms with van der Waals surface area (Å²) < 4.78 is 11.9. The number of anilines is 2. The molecule has 0 unspecified atom stereocenters. The molecule has 0 bridgehead atoms. The second-order valence-electron chi connectivity index (χ2n) is 9.36. The molecule has 10 heteroatoms. The van der Waals surface area contributed by atoms with E-state index in [1.807, 2.05) is 0 Å². The lowest BCUT2D eigenvalue weighted by atomic mass is 10.2. The van der Waals surface area contributed by atoms with Crippen molar-refractivity contribution in [2.24, 2.45) is 0 Å². The van der Waals surface area contributed by atoms with Gasteiger partial charge in [0.1, 0.15) is 34.4 Å². The Hall–Kier alpha value is -6.16. The zero-order valence-corrected chi connectivity index (χ0v) is 21.6. The molecule has 0 spiro atoms. The van der Waals surface area contributed by atoms with Crippen molar-refractivity contribution >= 4 is 35.0 Å². The normalized spacial score (nSPS) is 13.8. The number of carbonyl (C=O) groups excluding carboxylic acids is 4. The quantitative estimate of drug-likeness (QED) is 0.247. The first-order valence-corrected chi connectivity index (χ1v) is 12.8. The number of carbonyl (C=O) groups is 4. The van der Waals surface area contributed by atoms with Crippen molar-refractivity contribution in [3.63, 3.8) is 0 Å². The molecule has 42 heavy (non-hydrogen) atoms. The standard InChI is InChI=1S/C32H18N4O6/c37-29-25-6-2-16-33-27(25)31(39)35(29)19-8-12-21(13-9-19)41-23-4-1-5-24(18-23)42-22-14-10-20(11-15-22)36-30(38)26-7-3-17-34-28(26)32(36)40/h1-18H. The van der Waals surface area contributed by atoms with Crippen LogP contribution in [-0.2, 0) is 0 Å². The molecule has 0 N–H and O–H groups in total. The fraction of sp³-hybridized carbons (Fsp3) is 0. The average Bonchev–Trinajstić information content (AvgIpc) is 3.43. The first-order valence-electron chi connectivity index (χ1n) is 12.8. The fourth-order valence-corrected chi connectivity index (χ4v) is 4.80. The SMILES string of the molecule is O=C1c2cccnc2C(=O)N1c1ccc(Oc2cccc(Oc3ccc(N4C(=O)c5cccnc5C4=O)cc3)c2)cc1. The van der Waals surface area contributed by atoms with Crippen LogP contribution in [0.4, 0.5) is 11.4 Å². The van der Waals surface area contributed by atoms with E-state index in [0.29, 0.717) is 34.4 Å². The van der Waals surface area contributed by atoms with Crippen LogP contribution in [0.25, 0.3) is 0 Å². The van der Waals surface area contributed by atoms with Crippen LogP contribution in [0.5, 0.6) is 23.0 Å². The summed E-state index contributed by atoms with van der Waals surface area (Å²) >= 11 is 0. The van der Waals surface area contributed by atoms with Gasteiger partial charge >= 0.3 is 0 Å². The molecule has 2 aliphatic rings. The van der Waals surface area contributed by atoms with Gasteiger partial charge in [0.25, 0.3) is 23.6 Å². The predicted molar refractivity (Wildman–Crippen MR) is 150 cm³/mol. The van der Waals surface area contributed by atoms with E-state index in [1.165, 1.54) is 12.4 Å². The summed E-state index contributed by atoms with van der Waals surface area (Å²) in [4.78, 5) is 61.1. The van der Waals surface area contributed by atoms with Crippen LogP contribution >= 0.6 is 0 Å². The van der Waals surface area contributed by atoms with Crippen LogP contribution in [0.3, 0.4) is 0 Å². The number of pyridine rings is 2. The molecule has 7 rings (SSSR count). The Kier molecular flexibility index (Phi) is 5.79. The van der Waals surface area contributed by atoms with Crippen LogP contribution in [0.1, 0.15) is 41.7 Å². The van der Waals surface area contributed by atoms with Gasteiger partial charge in [-0.15, -0.1) is 0 Å². The Morgan fingerprint density at radius 3 is 1.29 bits per heavy atom. The fourth-order valence-electron chi connectivity index (χ4n) is 4.80. The van der Waals surface area contributed by atoms with Crippen LogP contribution in [-0.4, -0.2) is 33.6 Å². The van der Waals surface area contributed by atoms with Crippen LogP contribution in [0, 0.1) is 0 Å². The molecule has 2 aliphatic heterocycles. The molecule has 4 heterocycles. The second-order valence-corrected chi connectivity index (χ2v) is 9.36. The number of hydrogen-bond acceptors (Lipinski definition) is 8. The largest absolute Gasteiger partial charge is 0.457 e. The van der Waals surface area contributed by atoms with Crippen molar-refractivity contribution in [3.05, 3.63) is 132 Å². The molecule has 3 aromatic carbocycles. The Balaban J connectivity index is 1.03. The third-order valence-corrected chi connectivity index (χ3v) is 6.76. The topological polar surface area (TPSA) is 119 Å². The van der Waals surface area contributed by atoms with Gasteiger partial charge in [-0.05, 0) is 84.9 Å². The number of ether oxygens (including phenoxy) is 2. The summed E-state index contributed by atoms with van der Waals surface area (Å²) in [7, 11) is 0. The molecule has 0 radical (unpaired) electrons. The highest BCUT2D eigenvalue weighted by Gasteiger charge is 2.38. The van der Waals surface area contributed by atoms with Crippen molar-refractivity contribution in [2.45, 2.75) is 0 Å². The van der Waals surface area contributed by atoms with E-state index in [4.69, 9.17) is 9.47 Å². The van der Waals surface area contributed by atoms with Gasteiger partial charge in [-0.3, -0.25) is 29.1 Å².